The molecule has 0 bridgehead atoms. The van der Waals surface area contributed by atoms with Gasteiger partial charge in [0.1, 0.15) is 11.7 Å². The quantitative estimate of drug-likeness (QED) is 0.185. The molecule has 1 aromatic heterocycles. The first kappa shape index (κ1) is 37.7. The zero-order valence-corrected chi connectivity index (χ0v) is 33.5. The SMILES string of the molecule is Cc1ccc(-c2ccc3c(c2)c2cc(-c4ccc(C)cc4)ccc2n3-c2ccc(=C3C=C(C(F)(F)F)C=CC3)c(=C3N=C(c4ccccc4)N=C(c4ccccc4)N3)c2)cc1. The lowest BCUT2D eigenvalue weighted by Crippen LogP contribution is -2.38. The fourth-order valence-electron chi connectivity index (χ4n) is 8.25. The molecule has 0 radical (unpaired) electrons. The van der Waals surface area contributed by atoms with Gasteiger partial charge < -0.3 is 9.88 Å². The van der Waals surface area contributed by atoms with Gasteiger partial charge in [0.25, 0.3) is 0 Å². The first-order chi connectivity index (χ1) is 29.7. The highest BCUT2D eigenvalue weighted by Gasteiger charge is 2.33. The molecule has 2 aliphatic rings. The maximum atomic E-state index is 14.2. The zero-order valence-electron chi connectivity index (χ0n) is 33.5. The number of nitrogens with one attached hydrogen (secondary N) is 1. The van der Waals surface area contributed by atoms with Crippen LogP contribution >= 0.6 is 0 Å². The standard InChI is InChI=1S/C54H39F3N4/c1-34-16-20-36(21-17-34)40-24-28-49-46(31-40)47-32-41(37-22-18-35(2)19-23-37)25-29-50(47)61(49)44-26-27-45(42-14-9-15-43(30-42)54(55,56)57)48(33-44)53-59-51(38-10-5-3-6-11-38)58-52(60-53)39-12-7-4-8-13-39/h3-13,15-33H,14H2,1-2H3,(H,58,59,60). The van der Waals surface area contributed by atoms with Crippen LogP contribution in [0.3, 0.4) is 0 Å². The van der Waals surface area contributed by atoms with Gasteiger partial charge >= 0.3 is 6.18 Å². The summed E-state index contributed by atoms with van der Waals surface area (Å²) in [5, 5.41) is 6.98. The molecule has 0 saturated heterocycles. The number of nitrogens with zero attached hydrogens (tertiary/aromatic N) is 3. The molecule has 4 nitrogen and oxygen atoms in total. The number of amidine groups is 2. The van der Waals surface area contributed by atoms with E-state index in [1.165, 1.54) is 17.2 Å². The summed E-state index contributed by atoms with van der Waals surface area (Å²) < 4.78 is 44.9. The van der Waals surface area contributed by atoms with Crippen LogP contribution in [0.25, 0.3) is 61.1 Å². The van der Waals surface area contributed by atoms with E-state index in [1.807, 2.05) is 78.9 Å². The van der Waals surface area contributed by atoms with Crippen LogP contribution in [0.4, 0.5) is 13.2 Å². The number of aromatic nitrogens is 1. The fraction of sp³-hybridized carbons (Fsp3) is 0.0741. The third-order valence-corrected chi connectivity index (χ3v) is 11.4. The van der Waals surface area contributed by atoms with E-state index in [0.717, 1.165) is 66.9 Å². The van der Waals surface area contributed by atoms with Gasteiger partial charge in [-0.2, -0.15) is 13.2 Å². The number of hydrogen-bond donors (Lipinski definition) is 1. The minimum atomic E-state index is -4.50. The Balaban J connectivity index is 1.26. The van der Waals surface area contributed by atoms with Crippen molar-refractivity contribution in [1.82, 2.24) is 9.88 Å². The van der Waals surface area contributed by atoms with Gasteiger partial charge in [0.05, 0.1) is 16.6 Å². The van der Waals surface area contributed by atoms with Crippen LogP contribution in [-0.4, -0.2) is 22.4 Å². The summed E-state index contributed by atoms with van der Waals surface area (Å²) in [5.41, 5.74) is 11.2. The van der Waals surface area contributed by atoms with Crippen molar-refractivity contribution >= 4 is 44.9 Å². The van der Waals surface area contributed by atoms with Crippen LogP contribution in [-0.2, 0) is 0 Å². The highest BCUT2D eigenvalue weighted by molar-refractivity contribution is 6.16. The van der Waals surface area contributed by atoms with Crippen molar-refractivity contribution in [3.05, 3.63) is 220 Å². The summed E-state index contributed by atoms with van der Waals surface area (Å²) >= 11 is 0. The molecule has 7 heteroatoms. The van der Waals surface area contributed by atoms with Gasteiger partial charge in [0.2, 0.25) is 0 Å². The molecule has 7 aromatic carbocycles. The van der Waals surface area contributed by atoms with Gasteiger partial charge in [-0.15, -0.1) is 0 Å². The molecule has 1 aliphatic carbocycles. The number of allylic oxidation sites excluding steroid dienone is 4. The third-order valence-electron chi connectivity index (χ3n) is 11.4. The number of aryl methyl sites for hydroxylation is 2. The van der Waals surface area contributed by atoms with Crippen LogP contribution in [0.15, 0.2) is 198 Å². The first-order valence-electron chi connectivity index (χ1n) is 20.3. The molecule has 0 atom stereocenters. The van der Waals surface area contributed by atoms with Gasteiger partial charge in [-0.25, -0.2) is 9.98 Å². The molecular formula is C54H39F3N4. The van der Waals surface area contributed by atoms with Crippen LogP contribution in [0, 0.1) is 13.8 Å². The highest BCUT2D eigenvalue weighted by atomic mass is 19.4. The van der Waals surface area contributed by atoms with Crippen LogP contribution in [0.5, 0.6) is 0 Å². The molecule has 0 saturated carbocycles. The lowest BCUT2D eigenvalue weighted by molar-refractivity contribution is -0.0882. The van der Waals surface area contributed by atoms with Crippen LogP contribution in [0.2, 0.25) is 0 Å². The predicted molar refractivity (Wildman–Crippen MR) is 244 cm³/mol. The second-order valence-electron chi connectivity index (χ2n) is 15.6. The molecule has 61 heavy (non-hydrogen) atoms. The number of benzene rings is 7. The number of hydrogen-bond acceptors (Lipinski definition) is 3. The van der Waals surface area contributed by atoms with E-state index in [0.29, 0.717) is 39.9 Å². The maximum absolute atomic E-state index is 14.2. The van der Waals surface area contributed by atoms with Crippen molar-refractivity contribution in [3.63, 3.8) is 0 Å². The Kier molecular flexibility index (Phi) is 9.44. The third kappa shape index (κ3) is 7.29. The first-order valence-corrected chi connectivity index (χ1v) is 20.3. The smallest absolute Gasteiger partial charge is 0.324 e. The van der Waals surface area contributed by atoms with Gasteiger partial charge in [-0.3, -0.25) is 0 Å². The Morgan fingerprint density at radius 1 is 0.541 bits per heavy atom. The Morgan fingerprint density at radius 3 is 1.67 bits per heavy atom. The average molecular weight is 801 g/mol. The molecule has 1 aliphatic heterocycles. The van der Waals surface area contributed by atoms with Crippen molar-refractivity contribution < 1.29 is 13.2 Å². The highest BCUT2D eigenvalue weighted by Crippen LogP contribution is 2.37. The van der Waals surface area contributed by atoms with Gasteiger partial charge in [0, 0.05) is 32.8 Å². The lowest BCUT2D eigenvalue weighted by Gasteiger charge is -2.19. The summed E-state index contributed by atoms with van der Waals surface area (Å²) in [4.78, 5) is 10.1. The van der Waals surface area contributed by atoms with Crippen LogP contribution in [0.1, 0.15) is 28.7 Å². The Morgan fingerprint density at radius 2 is 1.10 bits per heavy atom. The van der Waals surface area contributed by atoms with Crippen molar-refractivity contribution in [2.75, 3.05) is 0 Å². The van der Waals surface area contributed by atoms with Gasteiger partial charge in [0.15, 0.2) is 5.84 Å². The van der Waals surface area contributed by atoms with Crippen molar-refractivity contribution in [2.24, 2.45) is 9.98 Å². The Hall–Kier alpha value is -7.51. The minimum absolute atomic E-state index is 0.326. The number of fused-ring (bicyclic) bond motifs is 3. The topological polar surface area (TPSA) is 41.7 Å². The molecule has 0 unspecified atom stereocenters. The zero-order chi connectivity index (χ0) is 41.7. The average Bonchev–Trinajstić information content (AvgIpc) is 3.62. The van der Waals surface area contributed by atoms with Crippen molar-refractivity contribution in [2.45, 2.75) is 26.4 Å². The van der Waals surface area contributed by atoms with E-state index in [2.05, 4.69) is 109 Å². The number of rotatable bonds is 5. The molecule has 8 aromatic rings. The monoisotopic (exact) mass is 800 g/mol. The number of aliphatic imine (C=N–C) groups is 2. The van der Waals surface area contributed by atoms with Gasteiger partial charge in [-0.1, -0.05) is 151 Å². The molecule has 0 amide bonds. The molecule has 0 fully saturated rings. The summed E-state index contributed by atoms with van der Waals surface area (Å²) in [7, 11) is 0. The molecule has 296 valence electrons. The number of halogens is 3. The van der Waals surface area contributed by atoms with E-state index in [4.69, 9.17) is 9.98 Å². The molecule has 1 N–H and O–H groups in total. The lowest BCUT2D eigenvalue weighted by atomic mass is 9.98. The van der Waals surface area contributed by atoms with Crippen molar-refractivity contribution in [3.8, 4) is 27.9 Å². The van der Waals surface area contributed by atoms with E-state index < -0.39 is 11.7 Å². The maximum Gasteiger partial charge on any atom is 0.416 e. The second-order valence-corrected chi connectivity index (χ2v) is 15.6. The fourth-order valence-corrected chi connectivity index (χ4v) is 8.25. The summed E-state index contributed by atoms with van der Waals surface area (Å²) in [5.74, 6) is 1.57. The predicted octanol–water partition coefficient (Wildman–Crippen LogP) is 11.9. The molecule has 10 rings (SSSR count). The van der Waals surface area contributed by atoms with E-state index in [1.54, 1.807) is 6.08 Å². The molecular weight excluding hydrogens is 762 g/mol. The van der Waals surface area contributed by atoms with Crippen molar-refractivity contribution in [1.29, 1.82) is 0 Å². The van der Waals surface area contributed by atoms with E-state index >= 15 is 0 Å². The summed E-state index contributed by atoms with van der Waals surface area (Å²) in [6.45, 7) is 4.18. The van der Waals surface area contributed by atoms with Gasteiger partial charge in [-0.05, 0) is 95.8 Å². The summed E-state index contributed by atoms with van der Waals surface area (Å²) in [6.07, 6.45) is -0.178. The normalized spacial score (nSPS) is 16.0. The second kappa shape index (κ2) is 15.3. The Bertz CT molecular complexity index is 3160. The molecule has 0 spiro atoms. The minimum Gasteiger partial charge on any atom is -0.324 e. The number of alkyl halides is 3. The Labute approximate surface area is 351 Å². The molecule has 2 heterocycles. The summed E-state index contributed by atoms with van der Waals surface area (Å²) in [6, 6.07) is 55.8. The largest absolute Gasteiger partial charge is 0.416 e. The van der Waals surface area contributed by atoms with Crippen LogP contribution < -0.4 is 15.8 Å². The van der Waals surface area contributed by atoms with E-state index in [-0.39, 0.29) is 0 Å². The van der Waals surface area contributed by atoms with E-state index in [9.17, 15) is 13.2 Å².